The first-order valence-electron chi connectivity index (χ1n) is 5.21. The molecule has 0 aliphatic heterocycles. The van der Waals surface area contributed by atoms with Gasteiger partial charge in [0.25, 0.3) is 0 Å². The Kier molecular flexibility index (Phi) is 8.39. The van der Waals surface area contributed by atoms with E-state index in [9.17, 15) is 14.7 Å². The summed E-state index contributed by atoms with van der Waals surface area (Å²) in [6.45, 7) is 1.50. The molecule has 20 heavy (non-hydrogen) atoms. The van der Waals surface area contributed by atoms with Gasteiger partial charge in [0, 0.05) is 17.5 Å². The minimum atomic E-state index is -1.31. The molecule has 0 fully saturated rings. The molecule has 0 radical (unpaired) electrons. The fourth-order valence-electron chi connectivity index (χ4n) is 1.63. The SMILES string of the molecule is CC(CC(=O)[O-])(C(=O)[S-])c1nc2ccccc2s1.[Na+].[Na+]. The minimum Gasteiger partial charge on any atom is -0.741 e. The second kappa shape index (κ2) is 8.19. The van der Waals surface area contributed by atoms with Crippen molar-refractivity contribution in [2.45, 2.75) is 18.8 Å². The average Bonchev–Trinajstić information content (AvgIpc) is 2.71. The zero-order valence-electron chi connectivity index (χ0n) is 11.5. The van der Waals surface area contributed by atoms with Crippen LogP contribution >= 0.6 is 11.3 Å². The number of nitrogens with zero attached hydrogens (tertiary/aromatic N) is 1. The topological polar surface area (TPSA) is 70.1 Å². The number of rotatable bonds is 4. The predicted octanol–water partition coefficient (Wildman–Crippen LogP) is -5.22. The van der Waals surface area contributed by atoms with E-state index in [1.807, 2.05) is 24.3 Å². The summed E-state index contributed by atoms with van der Waals surface area (Å²) >= 11 is 5.94. The number of aromatic nitrogens is 1. The van der Waals surface area contributed by atoms with Gasteiger partial charge in [0.05, 0.1) is 15.6 Å². The van der Waals surface area contributed by atoms with Crippen molar-refractivity contribution in [3.05, 3.63) is 29.3 Å². The second-order valence-corrected chi connectivity index (χ2v) is 5.56. The third kappa shape index (κ3) is 4.24. The standard InChI is InChI=1S/C12H11NO3S2.2Na/c1-12(11(16)17,6-9(14)15)10-13-7-4-2-3-5-8(7)18-10;;/h2-5H,6H2,1H3,(H,14,15)(H,16,17);;/q;2*+1/p-2. The predicted molar refractivity (Wildman–Crippen MR) is 69.0 cm³/mol. The number of para-hydroxylation sites is 1. The summed E-state index contributed by atoms with van der Waals surface area (Å²) in [5.74, 6) is -1.31. The van der Waals surface area contributed by atoms with Crippen LogP contribution in [-0.2, 0) is 27.6 Å². The van der Waals surface area contributed by atoms with Crippen LogP contribution in [0.3, 0.4) is 0 Å². The molecular weight excluding hydrogens is 316 g/mol. The number of fused-ring (bicyclic) bond motifs is 1. The number of aliphatic carboxylic acids is 1. The van der Waals surface area contributed by atoms with Crippen LogP contribution in [0, 0.1) is 0 Å². The number of carboxylic acids is 1. The normalized spacial score (nSPS) is 12.8. The molecule has 2 rings (SSSR count). The third-order valence-corrected chi connectivity index (χ3v) is 4.47. The summed E-state index contributed by atoms with van der Waals surface area (Å²) in [5.41, 5.74) is -0.559. The van der Waals surface area contributed by atoms with Gasteiger partial charge in [0.2, 0.25) is 0 Å². The summed E-state index contributed by atoms with van der Waals surface area (Å²) in [6, 6.07) is 7.36. The molecule has 1 unspecified atom stereocenters. The van der Waals surface area contributed by atoms with E-state index in [0.29, 0.717) is 5.01 Å². The van der Waals surface area contributed by atoms with Crippen molar-refractivity contribution in [1.82, 2.24) is 4.98 Å². The van der Waals surface area contributed by atoms with Crippen LogP contribution in [0.5, 0.6) is 0 Å². The maximum atomic E-state index is 11.6. The largest absolute Gasteiger partial charge is 1.00 e. The van der Waals surface area contributed by atoms with Gasteiger partial charge in [0.1, 0.15) is 5.01 Å². The summed E-state index contributed by atoms with van der Waals surface area (Å²) in [5, 5.41) is 10.6. The molecule has 0 aliphatic carbocycles. The number of hydrogen-bond donors (Lipinski definition) is 0. The van der Waals surface area contributed by atoms with E-state index in [1.54, 1.807) is 0 Å². The third-order valence-electron chi connectivity index (χ3n) is 2.71. The quantitative estimate of drug-likeness (QED) is 0.415. The number of thiazole rings is 1. The Hall–Kier alpha value is 0.470. The monoisotopic (exact) mass is 325 g/mol. The van der Waals surface area contributed by atoms with Gasteiger partial charge in [-0.1, -0.05) is 12.1 Å². The number of carbonyl (C=O) groups excluding carboxylic acids is 2. The summed E-state index contributed by atoms with van der Waals surface area (Å²) in [4.78, 5) is 26.6. The van der Waals surface area contributed by atoms with Crippen molar-refractivity contribution in [2.75, 3.05) is 0 Å². The van der Waals surface area contributed by atoms with Crippen molar-refractivity contribution in [3.63, 3.8) is 0 Å². The van der Waals surface area contributed by atoms with E-state index >= 15 is 0 Å². The van der Waals surface area contributed by atoms with Gasteiger partial charge < -0.3 is 27.3 Å². The van der Waals surface area contributed by atoms with Crippen LogP contribution in [0.1, 0.15) is 18.4 Å². The molecule has 1 aromatic carbocycles. The fraction of sp³-hybridized carbons (Fsp3) is 0.250. The van der Waals surface area contributed by atoms with Gasteiger partial charge in [-0.25, -0.2) is 4.98 Å². The molecular formula is C12H9NNa2O3S2. The van der Waals surface area contributed by atoms with Crippen molar-refractivity contribution in [2.24, 2.45) is 0 Å². The first-order valence-corrected chi connectivity index (χ1v) is 6.43. The van der Waals surface area contributed by atoms with E-state index in [4.69, 9.17) is 0 Å². The second-order valence-electron chi connectivity index (χ2n) is 4.16. The van der Waals surface area contributed by atoms with Gasteiger partial charge in [0.15, 0.2) is 0 Å². The van der Waals surface area contributed by atoms with Crippen molar-refractivity contribution in [3.8, 4) is 0 Å². The first kappa shape index (κ1) is 20.5. The molecule has 94 valence electrons. The van der Waals surface area contributed by atoms with Gasteiger partial charge in [-0.15, -0.1) is 11.3 Å². The number of hydrogen-bond acceptors (Lipinski definition) is 6. The Bertz CT molecular complexity index is 599. The molecule has 4 nitrogen and oxygen atoms in total. The van der Waals surface area contributed by atoms with Crippen LogP contribution in [0.2, 0.25) is 0 Å². The van der Waals surface area contributed by atoms with Gasteiger partial charge in [-0.05, 0) is 19.1 Å². The molecule has 0 aliphatic rings. The molecule has 0 saturated heterocycles. The van der Waals surface area contributed by atoms with Crippen LogP contribution in [-0.4, -0.2) is 16.1 Å². The molecule has 1 heterocycles. The molecule has 0 spiro atoms. The van der Waals surface area contributed by atoms with E-state index in [2.05, 4.69) is 17.6 Å². The maximum Gasteiger partial charge on any atom is 1.00 e. The molecule has 0 saturated carbocycles. The fourth-order valence-corrected chi connectivity index (χ4v) is 2.97. The molecule has 1 aromatic heterocycles. The molecule has 0 bridgehead atoms. The minimum absolute atomic E-state index is 0. The molecule has 0 N–H and O–H groups in total. The van der Waals surface area contributed by atoms with E-state index < -0.39 is 22.9 Å². The molecule has 2 aromatic rings. The van der Waals surface area contributed by atoms with Gasteiger partial charge in [-0.2, -0.15) is 0 Å². The van der Waals surface area contributed by atoms with Crippen LogP contribution < -0.4 is 64.2 Å². The smallest absolute Gasteiger partial charge is 0.741 e. The zero-order valence-corrected chi connectivity index (χ0v) is 17.1. The average molecular weight is 325 g/mol. The van der Waals surface area contributed by atoms with Crippen LogP contribution in [0.25, 0.3) is 10.2 Å². The van der Waals surface area contributed by atoms with Crippen molar-refractivity contribution >= 4 is 45.3 Å². The summed E-state index contributed by atoms with van der Waals surface area (Å²) in [6.07, 6.45) is -0.449. The number of benzene rings is 1. The number of carbonyl (C=O) groups is 2. The first-order chi connectivity index (χ1) is 8.43. The van der Waals surface area contributed by atoms with Crippen LogP contribution in [0.15, 0.2) is 24.3 Å². The van der Waals surface area contributed by atoms with Crippen LogP contribution in [0.4, 0.5) is 0 Å². The molecule has 0 amide bonds. The Labute approximate surface area is 170 Å². The Balaban J connectivity index is 0.00000180. The van der Waals surface area contributed by atoms with E-state index in [1.165, 1.54) is 18.3 Å². The van der Waals surface area contributed by atoms with Crippen molar-refractivity contribution < 1.29 is 73.8 Å². The Morgan fingerprint density at radius 1 is 1.35 bits per heavy atom. The molecule has 8 heteroatoms. The molecule has 1 atom stereocenters. The van der Waals surface area contributed by atoms with E-state index in [-0.39, 0.29) is 59.1 Å². The van der Waals surface area contributed by atoms with Gasteiger partial charge in [-0.3, -0.25) is 0 Å². The zero-order chi connectivity index (χ0) is 13.3. The summed E-state index contributed by atoms with van der Waals surface area (Å²) in [7, 11) is 0. The van der Waals surface area contributed by atoms with E-state index in [0.717, 1.165) is 10.2 Å². The maximum absolute atomic E-state index is 11.6. The van der Waals surface area contributed by atoms with Gasteiger partial charge >= 0.3 is 59.1 Å². The Morgan fingerprint density at radius 3 is 2.45 bits per heavy atom. The Morgan fingerprint density at radius 2 is 1.95 bits per heavy atom. The summed E-state index contributed by atoms with van der Waals surface area (Å²) < 4.78 is 0.897. The van der Waals surface area contributed by atoms with Crippen molar-refractivity contribution in [1.29, 1.82) is 0 Å². The number of carboxylic acid groups (broad SMARTS) is 1.